The quantitative estimate of drug-likeness (QED) is 0.193. The Balaban J connectivity index is 0.00000480. The van der Waals surface area contributed by atoms with Crippen molar-refractivity contribution in [1.29, 1.82) is 0 Å². The Kier molecular flexibility index (Phi) is 10.9. The normalized spacial score (nSPS) is 57.6. The van der Waals surface area contributed by atoms with Gasteiger partial charge in [-0.05, 0) is 109 Å². The van der Waals surface area contributed by atoms with Crippen molar-refractivity contribution in [3.8, 4) is 0 Å². The molecular formula is C44H76O12. The van der Waals surface area contributed by atoms with Crippen LogP contribution in [-0.2, 0) is 23.7 Å². The molecule has 0 bridgehead atoms. The molecule has 8 fully saturated rings. The molecule has 15 unspecified atom stereocenters. The van der Waals surface area contributed by atoms with E-state index in [9.17, 15) is 35.7 Å². The molecule has 3 aliphatic heterocycles. The summed E-state index contributed by atoms with van der Waals surface area (Å²) in [4.78, 5) is 0. The molecule has 56 heavy (non-hydrogen) atoms. The third kappa shape index (κ3) is 5.95. The number of hydrogen-bond acceptors (Lipinski definition) is 12. The van der Waals surface area contributed by atoms with E-state index in [1.807, 2.05) is 0 Å². The Hall–Kier alpha value is -0.480. The lowest BCUT2D eigenvalue weighted by Gasteiger charge is -2.65. The van der Waals surface area contributed by atoms with Crippen molar-refractivity contribution in [1.82, 2.24) is 0 Å². The second-order valence-electron chi connectivity index (χ2n) is 22.1. The van der Waals surface area contributed by atoms with Crippen molar-refractivity contribution >= 4 is 0 Å². The molecule has 3 saturated heterocycles. The molecule has 7 N–H and O–H groups in total. The Bertz CT molecular complexity index is 1450. The largest absolute Gasteiger partial charge is 0.394 e. The van der Waals surface area contributed by atoms with Crippen LogP contribution < -0.4 is 0 Å². The minimum Gasteiger partial charge on any atom is -0.394 e. The number of aliphatic hydroxyl groups excluding tert-OH is 7. The molecule has 5 aliphatic carbocycles. The molecule has 0 aromatic rings. The van der Waals surface area contributed by atoms with E-state index in [2.05, 4.69) is 55.4 Å². The van der Waals surface area contributed by atoms with E-state index >= 15 is 0 Å². The van der Waals surface area contributed by atoms with Gasteiger partial charge in [-0.25, -0.2) is 0 Å². The standard InChI is InChI=1S/C43H72O12.CH4/c1-21-23(46)19-51-35(29(21)47)54-28-11-13-43-20-42(43)15-14-39(7)33(41(9)12-10-27(55-41)37(2,3)4)22(45)17-40(39,8)26(42)16-24(34(43)38(28,5)6)52-36-32(50)31(49)30(48)25(18-44)53-36;/h21-36,44-50H,10-20H2,1-9H3;1H4/t21?,22-,23?,24-,25?,26?,27?,28-,29?,30?,31?,32?,33?,34?,35?,36?,39+,40-,41+,42?,43?;/m0./s1. The number of hydrogen-bond donors (Lipinski definition) is 7. The molecule has 3 heterocycles. The van der Waals surface area contributed by atoms with E-state index in [-0.39, 0.29) is 71.1 Å². The average molecular weight is 797 g/mol. The summed E-state index contributed by atoms with van der Waals surface area (Å²) in [5.74, 6) is -0.313. The first-order chi connectivity index (χ1) is 25.5. The molecule has 5 saturated carbocycles. The highest BCUT2D eigenvalue weighted by molar-refractivity contribution is 5.33. The van der Waals surface area contributed by atoms with Gasteiger partial charge >= 0.3 is 0 Å². The van der Waals surface area contributed by atoms with Crippen molar-refractivity contribution in [3.05, 3.63) is 0 Å². The van der Waals surface area contributed by atoms with Gasteiger partial charge in [0.2, 0.25) is 0 Å². The fourth-order valence-corrected chi connectivity index (χ4v) is 15.1. The highest BCUT2D eigenvalue weighted by atomic mass is 16.7. The van der Waals surface area contributed by atoms with Gasteiger partial charge in [-0.2, -0.15) is 0 Å². The predicted molar refractivity (Wildman–Crippen MR) is 207 cm³/mol. The Morgan fingerprint density at radius 3 is 2.07 bits per heavy atom. The summed E-state index contributed by atoms with van der Waals surface area (Å²) in [6.45, 7) is 19.5. The zero-order chi connectivity index (χ0) is 40.1. The molecule has 0 amide bonds. The maximum Gasteiger partial charge on any atom is 0.186 e. The molecule has 0 radical (unpaired) electrons. The average Bonchev–Trinajstić information content (AvgIpc) is 3.47. The topological polar surface area (TPSA) is 188 Å². The molecule has 12 heteroatoms. The first-order valence-electron chi connectivity index (χ1n) is 21.5. The van der Waals surface area contributed by atoms with Crippen molar-refractivity contribution in [3.63, 3.8) is 0 Å². The maximum absolute atomic E-state index is 12.3. The highest BCUT2D eigenvalue weighted by Gasteiger charge is 2.85. The van der Waals surface area contributed by atoms with Crippen molar-refractivity contribution < 1.29 is 59.4 Å². The van der Waals surface area contributed by atoms with Gasteiger partial charge < -0.3 is 59.4 Å². The molecule has 12 nitrogen and oxygen atoms in total. The fraction of sp³-hybridized carbons (Fsp3) is 1.00. The Labute approximate surface area is 335 Å². The lowest BCUT2D eigenvalue weighted by molar-refractivity contribution is -0.337. The third-order valence-corrected chi connectivity index (χ3v) is 18.2. The number of aliphatic hydroxyl groups is 7. The fourth-order valence-electron chi connectivity index (χ4n) is 15.1. The molecule has 0 aromatic carbocycles. The van der Waals surface area contributed by atoms with E-state index in [1.165, 1.54) is 0 Å². The number of rotatable bonds is 6. The SMILES string of the molecule is C.CC1C(O)COC(O[C@H]2CCC34CC35CC[C@]3(C)C([C@@]6(C)CCC(C(C)(C)C)O6)[C@@H](O)C[C@@]3(C)C5C[C@H](OC3OC(CO)C(O)C(O)C3O)C4C2(C)C)C1O. The van der Waals surface area contributed by atoms with Crippen LogP contribution in [0.5, 0.6) is 0 Å². The first-order valence-corrected chi connectivity index (χ1v) is 21.5. The second kappa shape index (κ2) is 14.0. The van der Waals surface area contributed by atoms with Gasteiger partial charge in [-0.1, -0.05) is 62.8 Å². The first kappa shape index (κ1) is 43.6. The van der Waals surface area contributed by atoms with Crippen LogP contribution in [0.25, 0.3) is 0 Å². The molecule has 21 atom stereocenters. The second-order valence-corrected chi connectivity index (χ2v) is 22.1. The summed E-state index contributed by atoms with van der Waals surface area (Å²) in [5.41, 5.74) is -1.50. The zero-order valence-electron chi connectivity index (χ0n) is 34.7. The van der Waals surface area contributed by atoms with Crippen LogP contribution in [0.3, 0.4) is 0 Å². The molecular weight excluding hydrogens is 720 g/mol. The van der Waals surface area contributed by atoms with Crippen molar-refractivity contribution in [2.75, 3.05) is 13.2 Å². The van der Waals surface area contributed by atoms with Crippen LogP contribution in [0.15, 0.2) is 0 Å². The summed E-state index contributed by atoms with van der Waals surface area (Å²) < 4.78 is 32.6. The highest BCUT2D eigenvalue weighted by Crippen LogP contribution is 2.89. The number of fused-ring (bicyclic) bond motifs is 2. The monoisotopic (exact) mass is 797 g/mol. The van der Waals surface area contributed by atoms with Crippen LogP contribution in [0, 0.1) is 56.2 Å². The van der Waals surface area contributed by atoms with Gasteiger partial charge in [-0.15, -0.1) is 0 Å². The van der Waals surface area contributed by atoms with E-state index in [0.717, 1.165) is 44.9 Å². The lowest BCUT2D eigenvalue weighted by Crippen LogP contribution is -2.65. The van der Waals surface area contributed by atoms with Gasteiger partial charge in [0.25, 0.3) is 0 Å². The minimum absolute atomic E-state index is 0. The van der Waals surface area contributed by atoms with Crippen LogP contribution >= 0.6 is 0 Å². The number of ether oxygens (including phenoxy) is 5. The van der Waals surface area contributed by atoms with Gasteiger partial charge in [0.1, 0.15) is 30.5 Å². The van der Waals surface area contributed by atoms with Crippen molar-refractivity contribution in [2.24, 2.45) is 56.2 Å². The molecule has 2 spiro atoms. The van der Waals surface area contributed by atoms with Gasteiger partial charge in [0.15, 0.2) is 12.6 Å². The zero-order valence-corrected chi connectivity index (χ0v) is 34.7. The van der Waals surface area contributed by atoms with E-state index < -0.39 is 85.0 Å². The summed E-state index contributed by atoms with van der Waals surface area (Å²) >= 11 is 0. The van der Waals surface area contributed by atoms with Gasteiger partial charge in [0.05, 0.1) is 49.3 Å². The molecule has 8 aliphatic rings. The lowest BCUT2D eigenvalue weighted by atomic mass is 9.41. The Morgan fingerprint density at radius 2 is 1.43 bits per heavy atom. The summed E-state index contributed by atoms with van der Waals surface area (Å²) in [5, 5.41) is 76.6. The van der Waals surface area contributed by atoms with E-state index in [1.54, 1.807) is 6.92 Å². The van der Waals surface area contributed by atoms with Gasteiger partial charge in [0, 0.05) is 11.8 Å². The molecule has 324 valence electrons. The minimum atomic E-state index is -1.56. The molecule has 8 rings (SSSR count). The van der Waals surface area contributed by atoms with E-state index in [4.69, 9.17) is 23.7 Å². The van der Waals surface area contributed by atoms with Crippen molar-refractivity contribution in [2.45, 2.75) is 207 Å². The van der Waals surface area contributed by atoms with Crippen LogP contribution in [-0.4, -0.2) is 128 Å². The van der Waals surface area contributed by atoms with Crippen LogP contribution in [0.4, 0.5) is 0 Å². The summed E-state index contributed by atoms with van der Waals surface area (Å²) in [6, 6.07) is 0. The van der Waals surface area contributed by atoms with E-state index in [0.29, 0.717) is 12.8 Å². The molecule has 0 aromatic heterocycles. The predicted octanol–water partition coefficient (Wildman–Crippen LogP) is 3.91. The summed E-state index contributed by atoms with van der Waals surface area (Å²) in [7, 11) is 0. The smallest absolute Gasteiger partial charge is 0.186 e. The maximum atomic E-state index is 12.3. The Morgan fingerprint density at radius 1 is 0.732 bits per heavy atom. The van der Waals surface area contributed by atoms with Crippen LogP contribution in [0.1, 0.15) is 128 Å². The third-order valence-electron chi connectivity index (χ3n) is 18.2. The van der Waals surface area contributed by atoms with Gasteiger partial charge in [-0.3, -0.25) is 0 Å². The van der Waals surface area contributed by atoms with Crippen LogP contribution in [0.2, 0.25) is 0 Å². The summed E-state index contributed by atoms with van der Waals surface area (Å²) in [6.07, 6.45) is -2.84.